The SMILES string of the molecule is CC(C)n1nccc1C1CN(C(=O)C2(F)CCC2)CC12CCCN(Cc1ccccc1)C2=O. The number of rotatable bonds is 5. The van der Waals surface area contributed by atoms with Gasteiger partial charge in [0.2, 0.25) is 5.91 Å². The van der Waals surface area contributed by atoms with Gasteiger partial charge in [-0.1, -0.05) is 30.3 Å². The highest BCUT2D eigenvalue weighted by Crippen LogP contribution is 2.51. The Balaban J connectivity index is 1.50. The summed E-state index contributed by atoms with van der Waals surface area (Å²) in [6.07, 6.45) is 4.66. The Morgan fingerprint density at radius 1 is 1.15 bits per heavy atom. The normalized spacial score (nSPS) is 26.8. The molecule has 6 nitrogen and oxygen atoms in total. The molecule has 1 saturated carbocycles. The first-order valence-corrected chi connectivity index (χ1v) is 12.2. The van der Waals surface area contributed by atoms with Crippen molar-refractivity contribution >= 4 is 11.8 Å². The van der Waals surface area contributed by atoms with Crippen LogP contribution in [0.3, 0.4) is 0 Å². The maximum atomic E-state index is 15.1. The number of carbonyl (C=O) groups excluding carboxylic acids is 2. The van der Waals surface area contributed by atoms with E-state index in [2.05, 4.69) is 18.9 Å². The highest BCUT2D eigenvalue weighted by Gasteiger charge is 2.59. The van der Waals surface area contributed by atoms with E-state index in [1.165, 1.54) is 0 Å². The van der Waals surface area contributed by atoms with Gasteiger partial charge in [-0.3, -0.25) is 14.3 Å². The quantitative estimate of drug-likeness (QED) is 0.687. The summed E-state index contributed by atoms with van der Waals surface area (Å²) < 4.78 is 17.1. The Morgan fingerprint density at radius 3 is 2.58 bits per heavy atom. The van der Waals surface area contributed by atoms with Gasteiger partial charge in [-0.05, 0) is 57.6 Å². The molecule has 7 heteroatoms. The van der Waals surface area contributed by atoms with Crippen LogP contribution in [0.1, 0.15) is 69.2 Å². The number of likely N-dealkylation sites (tertiary alicyclic amines) is 2. The molecule has 33 heavy (non-hydrogen) atoms. The van der Waals surface area contributed by atoms with E-state index in [9.17, 15) is 9.59 Å². The lowest BCUT2D eigenvalue weighted by Gasteiger charge is -2.43. The van der Waals surface area contributed by atoms with Crippen molar-refractivity contribution in [3.63, 3.8) is 0 Å². The predicted octanol–water partition coefficient (Wildman–Crippen LogP) is 4.09. The number of carbonyl (C=O) groups is 2. The first-order valence-electron chi connectivity index (χ1n) is 12.2. The van der Waals surface area contributed by atoms with Crippen LogP contribution < -0.4 is 0 Å². The van der Waals surface area contributed by atoms with E-state index in [1.807, 2.05) is 46.0 Å². The van der Waals surface area contributed by atoms with Gasteiger partial charge in [0.25, 0.3) is 5.91 Å². The molecule has 1 aromatic carbocycles. The smallest absolute Gasteiger partial charge is 0.260 e. The van der Waals surface area contributed by atoms with Crippen LogP contribution in [0.15, 0.2) is 42.6 Å². The van der Waals surface area contributed by atoms with Crippen LogP contribution in [0.25, 0.3) is 0 Å². The zero-order valence-corrected chi connectivity index (χ0v) is 19.5. The van der Waals surface area contributed by atoms with Crippen molar-refractivity contribution < 1.29 is 14.0 Å². The van der Waals surface area contributed by atoms with Crippen LogP contribution in [0.4, 0.5) is 4.39 Å². The monoisotopic (exact) mass is 452 g/mol. The summed E-state index contributed by atoms with van der Waals surface area (Å²) >= 11 is 0. The second kappa shape index (κ2) is 8.26. The Bertz CT molecular complexity index is 1030. The zero-order chi connectivity index (χ0) is 23.2. The van der Waals surface area contributed by atoms with Crippen molar-refractivity contribution in [2.75, 3.05) is 19.6 Å². The van der Waals surface area contributed by atoms with Gasteiger partial charge in [0, 0.05) is 50.0 Å². The van der Waals surface area contributed by atoms with E-state index in [4.69, 9.17) is 0 Å². The summed E-state index contributed by atoms with van der Waals surface area (Å²) in [6, 6.07) is 12.1. The van der Waals surface area contributed by atoms with E-state index in [1.54, 1.807) is 11.1 Å². The number of alkyl halides is 1. The fourth-order valence-corrected chi connectivity index (χ4v) is 5.99. The van der Waals surface area contributed by atoms with E-state index in [-0.39, 0.29) is 37.3 Å². The van der Waals surface area contributed by atoms with Crippen molar-refractivity contribution in [1.82, 2.24) is 19.6 Å². The van der Waals surface area contributed by atoms with Crippen molar-refractivity contribution in [1.29, 1.82) is 0 Å². The van der Waals surface area contributed by atoms with Crippen molar-refractivity contribution in [2.45, 2.75) is 70.1 Å². The minimum atomic E-state index is -1.75. The molecule has 0 bridgehead atoms. The van der Waals surface area contributed by atoms with Gasteiger partial charge in [0.15, 0.2) is 5.67 Å². The Morgan fingerprint density at radius 2 is 1.91 bits per heavy atom. The number of hydrogen-bond acceptors (Lipinski definition) is 3. The maximum absolute atomic E-state index is 15.1. The summed E-state index contributed by atoms with van der Waals surface area (Å²) in [4.78, 5) is 30.9. The standard InChI is InChI=1S/C26H33FN4O2/c1-19(2)31-22(10-14-28-31)21-17-30(24(33)26(27)12-6-13-26)18-25(21)11-7-15-29(23(25)32)16-20-8-4-3-5-9-20/h3-5,8-10,14,19,21H,6-7,11-13,15-18H2,1-2H3. The van der Waals surface area contributed by atoms with Crippen LogP contribution in [-0.4, -0.2) is 56.7 Å². The molecule has 2 saturated heterocycles. The van der Waals surface area contributed by atoms with Crippen molar-refractivity contribution in [3.8, 4) is 0 Å². The molecule has 2 aliphatic heterocycles. The van der Waals surface area contributed by atoms with E-state index in [0.717, 1.165) is 24.1 Å². The third-order valence-electron chi connectivity index (χ3n) is 7.89. The molecule has 0 radical (unpaired) electrons. The fourth-order valence-electron chi connectivity index (χ4n) is 5.99. The van der Waals surface area contributed by atoms with Gasteiger partial charge in [-0.25, -0.2) is 4.39 Å². The largest absolute Gasteiger partial charge is 0.338 e. The summed E-state index contributed by atoms with van der Waals surface area (Å²) in [6.45, 7) is 6.04. The van der Waals surface area contributed by atoms with Gasteiger partial charge in [-0.2, -0.15) is 5.10 Å². The summed E-state index contributed by atoms with van der Waals surface area (Å²) in [5.74, 6) is -0.545. The highest BCUT2D eigenvalue weighted by molar-refractivity contribution is 5.90. The summed E-state index contributed by atoms with van der Waals surface area (Å²) in [7, 11) is 0. The highest BCUT2D eigenvalue weighted by atomic mass is 19.1. The molecule has 3 aliphatic rings. The average Bonchev–Trinajstić information content (AvgIpc) is 3.41. The van der Waals surface area contributed by atoms with E-state index >= 15 is 4.39 Å². The molecule has 176 valence electrons. The number of piperidine rings is 1. The molecular weight excluding hydrogens is 419 g/mol. The molecule has 5 rings (SSSR count). The van der Waals surface area contributed by atoms with E-state index in [0.29, 0.717) is 26.1 Å². The van der Waals surface area contributed by atoms with Crippen LogP contribution in [0, 0.1) is 5.41 Å². The first-order chi connectivity index (χ1) is 15.8. The lowest BCUT2D eigenvalue weighted by molar-refractivity contribution is -0.152. The third kappa shape index (κ3) is 3.65. The van der Waals surface area contributed by atoms with Crippen LogP contribution in [0.2, 0.25) is 0 Å². The zero-order valence-electron chi connectivity index (χ0n) is 19.5. The van der Waals surface area contributed by atoms with Gasteiger partial charge in [-0.15, -0.1) is 0 Å². The van der Waals surface area contributed by atoms with Crippen LogP contribution >= 0.6 is 0 Å². The molecule has 1 spiro atoms. The number of nitrogens with zero attached hydrogens (tertiary/aromatic N) is 4. The number of halogens is 1. The fraction of sp³-hybridized carbons (Fsp3) is 0.577. The van der Waals surface area contributed by atoms with Gasteiger partial charge in [0.1, 0.15) is 0 Å². The lowest BCUT2D eigenvalue weighted by atomic mass is 9.70. The summed E-state index contributed by atoms with van der Waals surface area (Å²) in [5.41, 5.74) is -0.433. The predicted molar refractivity (Wildman–Crippen MR) is 123 cm³/mol. The van der Waals surface area contributed by atoms with E-state index < -0.39 is 17.0 Å². The van der Waals surface area contributed by atoms with Gasteiger partial charge in [0.05, 0.1) is 5.41 Å². The molecular formula is C26H33FN4O2. The van der Waals surface area contributed by atoms with Gasteiger partial charge >= 0.3 is 0 Å². The first kappa shape index (κ1) is 22.1. The second-order valence-electron chi connectivity index (χ2n) is 10.3. The minimum Gasteiger partial charge on any atom is -0.338 e. The number of hydrogen-bond donors (Lipinski definition) is 0. The number of aromatic nitrogens is 2. The number of benzene rings is 1. The van der Waals surface area contributed by atoms with Crippen LogP contribution in [0.5, 0.6) is 0 Å². The molecule has 2 amide bonds. The Labute approximate surface area is 194 Å². The van der Waals surface area contributed by atoms with Crippen molar-refractivity contribution in [2.24, 2.45) is 5.41 Å². The van der Waals surface area contributed by atoms with Crippen molar-refractivity contribution in [3.05, 3.63) is 53.9 Å². The molecule has 2 unspecified atom stereocenters. The molecule has 2 aromatic rings. The molecule has 1 aromatic heterocycles. The minimum absolute atomic E-state index is 0.0796. The molecule has 2 atom stereocenters. The maximum Gasteiger partial charge on any atom is 0.260 e. The Kier molecular flexibility index (Phi) is 5.53. The molecule has 3 heterocycles. The summed E-state index contributed by atoms with van der Waals surface area (Å²) in [5, 5.41) is 4.51. The van der Waals surface area contributed by atoms with Crippen LogP contribution in [-0.2, 0) is 16.1 Å². The lowest BCUT2D eigenvalue weighted by Crippen LogP contribution is -2.53. The second-order valence-corrected chi connectivity index (χ2v) is 10.3. The molecule has 1 aliphatic carbocycles. The molecule has 3 fully saturated rings. The number of amides is 2. The Hall–Kier alpha value is -2.70. The topological polar surface area (TPSA) is 58.4 Å². The third-order valence-corrected chi connectivity index (χ3v) is 7.89. The molecule has 0 N–H and O–H groups in total. The van der Waals surface area contributed by atoms with Gasteiger partial charge < -0.3 is 9.80 Å². The average molecular weight is 453 g/mol.